The van der Waals surface area contributed by atoms with Gasteiger partial charge in [0.15, 0.2) is 6.61 Å². The third-order valence-corrected chi connectivity index (χ3v) is 5.41. The van der Waals surface area contributed by atoms with Crippen LogP contribution in [0, 0.1) is 11.8 Å². The Hall–Kier alpha value is -0.780. The highest BCUT2D eigenvalue weighted by Crippen LogP contribution is 2.29. The fraction of sp³-hybridized carbons (Fsp3) is 0.562. The lowest BCUT2D eigenvalue weighted by atomic mass is 9.92. The number of carbonyl (C=O) groups excluding carboxylic acids is 1. The SMILES string of the molecule is O=C(COc1ccc(Br)cc1Cl)N1CC[C@@H]2CNC[C@@H]2CC1. The zero-order chi connectivity index (χ0) is 15.5. The molecule has 4 nitrogen and oxygen atoms in total. The summed E-state index contributed by atoms with van der Waals surface area (Å²) in [6.07, 6.45) is 2.17. The van der Waals surface area contributed by atoms with Crippen LogP contribution in [-0.2, 0) is 4.79 Å². The zero-order valence-electron chi connectivity index (χ0n) is 12.4. The Balaban J connectivity index is 1.53. The Bertz CT molecular complexity index is 541. The molecule has 6 heteroatoms. The highest BCUT2D eigenvalue weighted by atomic mass is 79.9. The van der Waals surface area contributed by atoms with E-state index in [1.54, 1.807) is 12.1 Å². The quantitative estimate of drug-likeness (QED) is 0.867. The molecule has 3 rings (SSSR count). The number of ether oxygens (including phenoxy) is 1. The molecule has 0 bridgehead atoms. The van der Waals surface area contributed by atoms with Gasteiger partial charge in [0.25, 0.3) is 5.91 Å². The third-order valence-electron chi connectivity index (χ3n) is 4.62. The molecule has 1 N–H and O–H groups in total. The largest absolute Gasteiger partial charge is 0.482 e. The first-order valence-corrected chi connectivity index (χ1v) is 8.87. The number of carbonyl (C=O) groups is 1. The Labute approximate surface area is 144 Å². The summed E-state index contributed by atoms with van der Waals surface area (Å²) >= 11 is 9.45. The molecule has 0 saturated carbocycles. The Morgan fingerprint density at radius 3 is 2.64 bits per heavy atom. The summed E-state index contributed by atoms with van der Waals surface area (Å²) < 4.78 is 6.48. The molecule has 2 fully saturated rings. The predicted octanol–water partition coefficient (Wildman–Crippen LogP) is 2.94. The smallest absolute Gasteiger partial charge is 0.260 e. The standard InChI is InChI=1S/C16H20BrClN2O2/c17-13-1-2-15(14(18)7-13)22-10-16(21)20-5-3-11-8-19-9-12(11)4-6-20/h1-2,7,11-12,19H,3-6,8-10H2/t11-,12+. The van der Waals surface area contributed by atoms with Crippen LogP contribution in [0.2, 0.25) is 5.02 Å². The van der Waals surface area contributed by atoms with Crippen molar-refractivity contribution in [1.29, 1.82) is 0 Å². The van der Waals surface area contributed by atoms with Crippen LogP contribution >= 0.6 is 27.5 Å². The fourth-order valence-corrected chi connectivity index (χ4v) is 4.02. The molecule has 2 aliphatic rings. The molecule has 2 aliphatic heterocycles. The van der Waals surface area contributed by atoms with E-state index in [1.807, 2.05) is 11.0 Å². The average Bonchev–Trinajstić information content (AvgIpc) is 2.85. The molecular formula is C16H20BrClN2O2. The number of likely N-dealkylation sites (tertiary alicyclic amines) is 1. The van der Waals surface area contributed by atoms with Gasteiger partial charge in [0.1, 0.15) is 5.75 Å². The van der Waals surface area contributed by atoms with E-state index in [1.165, 1.54) is 0 Å². The van der Waals surface area contributed by atoms with E-state index in [4.69, 9.17) is 16.3 Å². The van der Waals surface area contributed by atoms with E-state index in [-0.39, 0.29) is 12.5 Å². The molecule has 120 valence electrons. The van der Waals surface area contributed by atoms with Gasteiger partial charge in [0, 0.05) is 17.6 Å². The van der Waals surface area contributed by atoms with E-state index in [2.05, 4.69) is 21.2 Å². The van der Waals surface area contributed by atoms with E-state index in [0.717, 1.165) is 55.3 Å². The maximum absolute atomic E-state index is 12.4. The minimum Gasteiger partial charge on any atom is -0.482 e. The maximum Gasteiger partial charge on any atom is 0.260 e. The highest BCUT2D eigenvalue weighted by Gasteiger charge is 2.31. The van der Waals surface area contributed by atoms with Gasteiger partial charge < -0.3 is 15.0 Å². The number of hydrogen-bond acceptors (Lipinski definition) is 3. The molecule has 22 heavy (non-hydrogen) atoms. The number of halogens is 2. The summed E-state index contributed by atoms with van der Waals surface area (Å²) in [7, 11) is 0. The lowest BCUT2D eigenvalue weighted by Crippen LogP contribution is -2.36. The molecule has 0 spiro atoms. The number of nitrogens with zero attached hydrogens (tertiary/aromatic N) is 1. The summed E-state index contributed by atoms with van der Waals surface area (Å²) in [6, 6.07) is 5.39. The van der Waals surface area contributed by atoms with E-state index < -0.39 is 0 Å². The second-order valence-electron chi connectivity index (χ2n) is 6.00. The summed E-state index contributed by atoms with van der Waals surface area (Å²) in [5.74, 6) is 2.04. The number of nitrogens with one attached hydrogen (secondary N) is 1. The van der Waals surface area contributed by atoms with Crippen molar-refractivity contribution < 1.29 is 9.53 Å². The van der Waals surface area contributed by atoms with Crippen LogP contribution in [0.1, 0.15) is 12.8 Å². The molecule has 0 aromatic heterocycles. The number of amides is 1. The van der Waals surface area contributed by atoms with Crippen molar-refractivity contribution in [3.05, 3.63) is 27.7 Å². The molecule has 2 saturated heterocycles. The normalized spacial score (nSPS) is 24.7. The summed E-state index contributed by atoms with van der Waals surface area (Å²) in [6.45, 7) is 3.91. The molecule has 2 atom stereocenters. The molecule has 0 unspecified atom stereocenters. The third kappa shape index (κ3) is 3.76. The number of rotatable bonds is 3. The first-order valence-electron chi connectivity index (χ1n) is 7.70. The Kier molecular flexibility index (Phi) is 5.26. The molecular weight excluding hydrogens is 368 g/mol. The summed E-state index contributed by atoms with van der Waals surface area (Å²) in [4.78, 5) is 14.3. The van der Waals surface area contributed by atoms with Gasteiger partial charge in [-0.15, -0.1) is 0 Å². The van der Waals surface area contributed by atoms with E-state index in [9.17, 15) is 4.79 Å². The van der Waals surface area contributed by atoms with Crippen molar-refractivity contribution in [2.45, 2.75) is 12.8 Å². The predicted molar refractivity (Wildman–Crippen MR) is 90.3 cm³/mol. The van der Waals surface area contributed by atoms with Crippen LogP contribution in [0.5, 0.6) is 5.75 Å². The first kappa shape index (κ1) is 16.1. The van der Waals surface area contributed by atoms with Crippen molar-refractivity contribution in [3.8, 4) is 5.75 Å². The zero-order valence-corrected chi connectivity index (χ0v) is 14.7. The van der Waals surface area contributed by atoms with Gasteiger partial charge in [-0.05, 0) is 56.0 Å². The van der Waals surface area contributed by atoms with Crippen molar-refractivity contribution in [3.63, 3.8) is 0 Å². The molecule has 1 aromatic carbocycles. The van der Waals surface area contributed by atoms with Crippen molar-refractivity contribution >= 4 is 33.4 Å². The lowest BCUT2D eigenvalue weighted by molar-refractivity contribution is -0.133. The summed E-state index contributed by atoms with van der Waals surface area (Å²) in [5.41, 5.74) is 0. The minimum atomic E-state index is 0.0481. The monoisotopic (exact) mass is 386 g/mol. The molecule has 2 heterocycles. The molecule has 1 amide bonds. The van der Waals surface area contributed by atoms with E-state index >= 15 is 0 Å². The van der Waals surface area contributed by atoms with Crippen molar-refractivity contribution in [2.75, 3.05) is 32.8 Å². The Morgan fingerprint density at radius 1 is 1.32 bits per heavy atom. The summed E-state index contributed by atoms with van der Waals surface area (Å²) in [5, 5.41) is 3.96. The van der Waals surface area contributed by atoms with Gasteiger partial charge in [-0.3, -0.25) is 4.79 Å². The minimum absolute atomic E-state index is 0.0481. The van der Waals surface area contributed by atoms with Crippen LogP contribution < -0.4 is 10.1 Å². The van der Waals surface area contributed by atoms with Crippen LogP contribution in [0.25, 0.3) is 0 Å². The van der Waals surface area contributed by atoms with Crippen LogP contribution in [0.15, 0.2) is 22.7 Å². The second kappa shape index (κ2) is 7.20. The highest BCUT2D eigenvalue weighted by molar-refractivity contribution is 9.10. The van der Waals surface area contributed by atoms with Gasteiger partial charge in [-0.25, -0.2) is 0 Å². The first-order chi connectivity index (χ1) is 10.6. The molecule has 0 aliphatic carbocycles. The van der Waals surface area contributed by atoms with Gasteiger partial charge in [0.2, 0.25) is 0 Å². The van der Waals surface area contributed by atoms with Crippen molar-refractivity contribution in [2.24, 2.45) is 11.8 Å². The molecule has 0 radical (unpaired) electrons. The van der Waals surface area contributed by atoms with Crippen molar-refractivity contribution in [1.82, 2.24) is 10.2 Å². The van der Waals surface area contributed by atoms with Gasteiger partial charge in [-0.1, -0.05) is 27.5 Å². The fourth-order valence-electron chi connectivity index (χ4n) is 3.29. The van der Waals surface area contributed by atoms with Crippen LogP contribution in [-0.4, -0.2) is 43.6 Å². The average molecular weight is 388 g/mol. The van der Waals surface area contributed by atoms with E-state index in [0.29, 0.717) is 10.8 Å². The lowest BCUT2D eigenvalue weighted by Gasteiger charge is -2.21. The van der Waals surface area contributed by atoms with Gasteiger partial charge in [0.05, 0.1) is 5.02 Å². The van der Waals surface area contributed by atoms with Crippen LogP contribution in [0.3, 0.4) is 0 Å². The van der Waals surface area contributed by atoms with Gasteiger partial charge >= 0.3 is 0 Å². The molecule has 1 aromatic rings. The Morgan fingerprint density at radius 2 is 2.00 bits per heavy atom. The topological polar surface area (TPSA) is 41.6 Å². The maximum atomic E-state index is 12.4. The second-order valence-corrected chi connectivity index (χ2v) is 7.32. The van der Waals surface area contributed by atoms with Crippen LogP contribution in [0.4, 0.5) is 0 Å². The number of hydrogen-bond donors (Lipinski definition) is 1. The number of fused-ring (bicyclic) bond motifs is 1. The van der Waals surface area contributed by atoms with Gasteiger partial charge in [-0.2, -0.15) is 0 Å². The number of benzene rings is 1.